The van der Waals surface area contributed by atoms with E-state index in [2.05, 4.69) is 0 Å². The summed E-state index contributed by atoms with van der Waals surface area (Å²) in [6.45, 7) is 2.83. The lowest BCUT2D eigenvalue weighted by molar-refractivity contribution is 0.0684. The molecule has 3 nitrogen and oxygen atoms in total. The zero-order valence-electron chi connectivity index (χ0n) is 11.6. The van der Waals surface area contributed by atoms with Gasteiger partial charge in [-0.3, -0.25) is 0 Å². The average molecular weight is 264 g/mol. The summed E-state index contributed by atoms with van der Waals surface area (Å²) in [4.78, 5) is 0. The van der Waals surface area contributed by atoms with Crippen LogP contribution in [0.15, 0.2) is 24.3 Å². The van der Waals surface area contributed by atoms with Crippen molar-refractivity contribution in [1.29, 1.82) is 0 Å². The molecule has 1 aromatic rings. The smallest absolute Gasteiger partial charge is 0.0576 e. The third-order valence-corrected chi connectivity index (χ3v) is 4.24. The van der Waals surface area contributed by atoms with E-state index < -0.39 is 5.41 Å². The fourth-order valence-electron chi connectivity index (χ4n) is 2.75. The molecule has 1 aliphatic rings. The van der Waals surface area contributed by atoms with Gasteiger partial charge in [-0.25, -0.2) is 0 Å². The summed E-state index contributed by atoms with van der Waals surface area (Å²) in [5.41, 5.74) is 1.66. The van der Waals surface area contributed by atoms with Gasteiger partial charge in [0.1, 0.15) is 0 Å². The zero-order valence-corrected chi connectivity index (χ0v) is 11.6. The SMILES string of the molecule is Cc1ccc(C(CO)(CO)CCC2CCCO2)cc1. The molecular formula is C16H24O3. The van der Waals surface area contributed by atoms with E-state index in [1.807, 2.05) is 31.2 Å². The average Bonchev–Trinajstić information content (AvgIpc) is 2.95. The maximum atomic E-state index is 9.77. The Morgan fingerprint density at radius 3 is 2.42 bits per heavy atom. The Morgan fingerprint density at radius 2 is 1.89 bits per heavy atom. The van der Waals surface area contributed by atoms with Crippen molar-refractivity contribution < 1.29 is 14.9 Å². The van der Waals surface area contributed by atoms with Gasteiger partial charge in [-0.2, -0.15) is 0 Å². The number of rotatable bonds is 6. The summed E-state index contributed by atoms with van der Waals surface area (Å²) in [5.74, 6) is 0. The molecule has 0 bridgehead atoms. The number of hydrogen-bond acceptors (Lipinski definition) is 3. The minimum atomic E-state index is -0.542. The summed E-state index contributed by atoms with van der Waals surface area (Å²) in [6, 6.07) is 8.08. The summed E-state index contributed by atoms with van der Waals surface area (Å²) < 4.78 is 5.63. The van der Waals surface area contributed by atoms with Crippen LogP contribution < -0.4 is 0 Å². The van der Waals surface area contributed by atoms with Crippen molar-refractivity contribution in [3.05, 3.63) is 35.4 Å². The summed E-state index contributed by atoms with van der Waals surface area (Å²) in [6.07, 6.45) is 4.17. The third kappa shape index (κ3) is 3.35. The predicted octanol–water partition coefficient (Wildman–Crippen LogP) is 2.18. The van der Waals surface area contributed by atoms with Gasteiger partial charge >= 0.3 is 0 Å². The highest BCUT2D eigenvalue weighted by atomic mass is 16.5. The van der Waals surface area contributed by atoms with Crippen LogP contribution in [-0.2, 0) is 10.2 Å². The minimum Gasteiger partial charge on any atom is -0.395 e. The Labute approximate surface area is 115 Å². The molecule has 1 atom stereocenters. The number of benzene rings is 1. The van der Waals surface area contributed by atoms with Crippen LogP contribution in [0, 0.1) is 6.92 Å². The number of ether oxygens (including phenoxy) is 1. The van der Waals surface area contributed by atoms with Crippen LogP contribution in [0.3, 0.4) is 0 Å². The van der Waals surface area contributed by atoms with Crippen LogP contribution in [0.5, 0.6) is 0 Å². The van der Waals surface area contributed by atoms with E-state index in [0.29, 0.717) is 6.10 Å². The van der Waals surface area contributed by atoms with Gasteiger partial charge < -0.3 is 14.9 Å². The van der Waals surface area contributed by atoms with Gasteiger partial charge in [-0.05, 0) is 38.2 Å². The molecule has 1 fully saturated rings. The van der Waals surface area contributed by atoms with Gasteiger partial charge in [0.05, 0.1) is 19.3 Å². The van der Waals surface area contributed by atoms with Crippen LogP contribution in [0.25, 0.3) is 0 Å². The van der Waals surface area contributed by atoms with E-state index >= 15 is 0 Å². The minimum absolute atomic E-state index is 0.0285. The second-order valence-corrected chi connectivity index (χ2v) is 5.64. The summed E-state index contributed by atoms with van der Waals surface area (Å²) in [5, 5.41) is 19.5. The number of aliphatic hydroxyl groups excluding tert-OH is 2. The highest BCUT2D eigenvalue weighted by Crippen LogP contribution is 2.31. The first-order valence-electron chi connectivity index (χ1n) is 7.11. The molecule has 1 unspecified atom stereocenters. The molecule has 0 radical (unpaired) electrons. The van der Waals surface area contributed by atoms with Crippen LogP contribution in [0.2, 0.25) is 0 Å². The van der Waals surface area contributed by atoms with Gasteiger partial charge in [0.15, 0.2) is 0 Å². The number of hydrogen-bond donors (Lipinski definition) is 2. The zero-order chi connectivity index (χ0) is 13.7. The van der Waals surface area contributed by atoms with Crippen molar-refractivity contribution in [2.75, 3.05) is 19.8 Å². The molecule has 1 saturated heterocycles. The fraction of sp³-hybridized carbons (Fsp3) is 0.625. The van der Waals surface area contributed by atoms with Crippen molar-refractivity contribution in [3.63, 3.8) is 0 Å². The van der Waals surface area contributed by atoms with E-state index in [1.54, 1.807) is 0 Å². The van der Waals surface area contributed by atoms with Crippen LogP contribution >= 0.6 is 0 Å². The van der Waals surface area contributed by atoms with Gasteiger partial charge in [-0.15, -0.1) is 0 Å². The molecule has 19 heavy (non-hydrogen) atoms. The van der Waals surface area contributed by atoms with Crippen LogP contribution in [0.1, 0.15) is 36.8 Å². The third-order valence-electron chi connectivity index (χ3n) is 4.24. The van der Waals surface area contributed by atoms with Crippen molar-refractivity contribution in [2.45, 2.75) is 44.1 Å². The van der Waals surface area contributed by atoms with Crippen molar-refractivity contribution in [3.8, 4) is 0 Å². The predicted molar refractivity (Wildman–Crippen MR) is 75.2 cm³/mol. The Kier molecular flexibility index (Phi) is 4.97. The highest BCUT2D eigenvalue weighted by molar-refractivity contribution is 5.29. The molecule has 3 heteroatoms. The Balaban J connectivity index is 2.09. The molecule has 0 spiro atoms. The number of aryl methyl sites for hydroxylation is 1. The topological polar surface area (TPSA) is 49.7 Å². The lowest BCUT2D eigenvalue weighted by Crippen LogP contribution is -2.35. The molecule has 1 heterocycles. The van der Waals surface area contributed by atoms with Gasteiger partial charge in [0, 0.05) is 12.0 Å². The highest BCUT2D eigenvalue weighted by Gasteiger charge is 2.32. The van der Waals surface area contributed by atoms with E-state index in [4.69, 9.17) is 4.74 Å². The molecule has 1 aromatic carbocycles. The summed E-state index contributed by atoms with van der Waals surface area (Å²) >= 11 is 0. The van der Waals surface area contributed by atoms with Crippen LogP contribution in [-0.4, -0.2) is 36.1 Å². The molecule has 0 aliphatic carbocycles. The molecule has 2 N–H and O–H groups in total. The lowest BCUT2D eigenvalue weighted by Gasteiger charge is -2.31. The van der Waals surface area contributed by atoms with Gasteiger partial charge in [0.2, 0.25) is 0 Å². The van der Waals surface area contributed by atoms with E-state index in [-0.39, 0.29) is 13.2 Å². The first-order chi connectivity index (χ1) is 9.20. The Bertz CT molecular complexity index is 375. The Morgan fingerprint density at radius 1 is 1.21 bits per heavy atom. The van der Waals surface area contributed by atoms with Gasteiger partial charge in [-0.1, -0.05) is 29.8 Å². The van der Waals surface area contributed by atoms with Crippen LogP contribution in [0.4, 0.5) is 0 Å². The normalized spacial score (nSPS) is 19.8. The first kappa shape index (κ1) is 14.5. The van der Waals surface area contributed by atoms with Gasteiger partial charge in [0.25, 0.3) is 0 Å². The molecule has 0 saturated carbocycles. The molecular weight excluding hydrogens is 240 g/mol. The lowest BCUT2D eigenvalue weighted by atomic mass is 9.77. The quantitative estimate of drug-likeness (QED) is 0.828. The van der Waals surface area contributed by atoms with E-state index in [0.717, 1.165) is 37.9 Å². The largest absolute Gasteiger partial charge is 0.395 e. The van der Waals surface area contributed by atoms with Crippen molar-refractivity contribution >= 4 is 0 Å². The molecule has 1 aliphatic heterocycles. The Hall–Kier alpha value is -0.900. The van der Waals surface area contributed by atoms with E-state index in [9.17, 15) is 10.2 Å². The molecule has 0 amide bonds. The molecule has 0 aromatic heterocycles. The standard InChI is InChI=1S/C16H24O3/c1-13-4-6-14(7-5-13)16(11-17,12-18)9-8-15-3-2-10-19-15/h4-7,15,17-18H,2-3,8-12H2,1H3. The maximum absolute atomic E-state index is 9.77. The molecule has 106 valence electrons. The summed E-state index contributed by atoms with van der Waals surface area (Å²) in [7, 11) is 0. The first-order valence-corrected chi connectivity index (χ1v) is 7.11. The monoisotopic (exact) mass is 264 g/mol. The number of aliphatic hydroxyl groups is 2. The van der Waals surface area contributed by atoms with E-state index in [1.165, 1.54) is 5.56 Å². The van der Waals surface area contributed by atoms with Crippen molar-refractivity contribution in [1.82, 2.24) is 0 Å². The fourth-order valence-corrected chi connectivity index (χ4v) is 2.75. The van der Waals surface area contributed by atoms with Crippen molar-refractivity contribution in [2.24, 2.45) is 0 Å². The second-order valence-electron chi connectivity index (χ2n) is 5.64. The second kappa shape index (κ2) is 6.51. The maximum Gasteiger partial charge on any atom is 0.0576 e. The molecule has 2 rings (SSSR count).